The van der Waals surface area contributed by atoms with Gasteiger partial charge in [0.25, 0.3) is 5.91 Å². The summed E-state index contributed by atoms with van der Waals surface area (Å²) < 4.78 is 5.40. The molecule has 1 saturated heterocycles. The Hall–Kier alpha value is -1.94. The number of fused-ring (bicyclic) bond motifs is 1. The predicted octanol–water partition coefficient (Wildman–Crippen LogP) is 2.66. The van der Waals surface area contributed by atoms with Crippen LogP contribution in [0.2, 0.25) is 0 Å². The lowest BCUT2D eigenvalue weighted by Gasteiger charge is -2.13. The molecule has 19 heavy (non-hydrogen) atoms. The molecule has 2 heterocycles. The van der Waals surface area contributed by atoms with Gasteiger partial charge in [-0.2, -0.15) is 0 Å². The van der Waals surface area contributed by atoms with E-state index < -0.39 is 0 Å². The predicted molar refractivity (Wildman–Crippen MR) is 74.1 cm³/mol. The molecule has 0 radical (unpaired) electrons. The summed E-state index contributed by atoms with van der Waals surface area (Å²) in [6, 6.07) is 7.75. The van der Waals surface area contributed by atoms with Gasteiger partial charge < -0.3 is 10.1 Å². The molecule has 1 aromatic carbocycles. The molecular weight excluding hydrogens is 240 g/mol. The topological polar surface area (TPSA) is 51.2 Å². The second-order valence-corrected chi connectivity index (χ2v) is 4.82. The maximum atomic E-state index is 12.1. The van der Waals surface area contributed by atoms with Crippen molar-refractivity contribution in [3.63, 3.8) is 0 Å². The number of nitrogens with one attached hydrogen (secondary N) is 1. The van der Waals surface area contributed by atoms with Crippen molar-refractivity contribution >= 4 is 22.5 Å². The van der Waals surface area contributed by atoms with Crippen molar-refractivity contribution in [2.45, 2.75) is 25.9 Å². The van der Waals surface area contributed by atoms with Crippen molar-refractivity contribution in [3.05, 3.63) is 36.0 Å². The van der Waals surface area contributed by atoms with Crippen molar-refractivity contribution in [1.82, 2.24) is 4.98 Å². The zero-order chi connectivity index (χ0) is 13.2. The van der Waals surface area contributed by atoms with Crippen molar-refractivity contribution in [2.24, 2.45) is 0 Å². The summed E-state index contributed by atoms with van der Waals surface area (Å²) in [5, 5.41) is 3.92. The first-order chi connectivity index (χ1) is 9.25. The molecule has 4 heteroatoms. The monoisotopic (exact) mass is 256 g/mol. The summed E-state index contributed by atoms with van der Waals surface area (Å²) in [6.45, 7) is 2.69. The van der Waals surface area contributed by atoms with Crippen LogP contribution in [0.4, 0.5) is 5.69 Å². The molecule has 0 bridgehead atoms. The second-order valence-electron chi connectivity index (χ2n) is 4.82. The Morgan fingerprint density at radius 1 is 1.42 bits per heavy atom. The summed E-state index contributed by atoms with van der Waals surface area (Å²) in [7, 11) is 0. The van der Waals surface area contributed by atoms with E-state index in [1.165, 1.54) is 0 Å². The Morgan fingerprint density at radius 3 is 3.11 bits per heavy atom. The van der Waals surface area contributed by atoms with E-state index >= 15 is 0 Å². The highest BCUT2D eigenvalue weighted by Crippen LogP contribution is 2.25. The van der Waals surface area contributed by atoms with Crippen molar-refractivity contribution in [2.75, 3.05) is 11.9 Å². The number of hydrogen-bond donors (Lipinski definition) is 1. The number of carbonyl (C=O) groups excluding carboxylic acids is 1. The Labute approximate surface area is 111 Å². The zero-order valence-electron chi connectivity index (χ0n) is 10.8. The Kier molecular flexibility index (Phi) is 3.17. The molecule has 0 spiro atoms. The highest BCUT2D eigenvalue weighted by Gasteiger charge is 2.23. The van der Waals surface area contributed by atoms with Crippen molar-refractivity contribution < 1.29 is 9.53 Å². The standard InChI is InChI=1S/C15H16N2O2/c1-10-6-7-12(11-4-2-8-16-14(10)11)17-15(18)13-5-3-9-19-13/h2,4,6-8,13H,3,5,9H2,1H3,(H,17,18). The molecule has 0 aliphatic carbocycles. The van der Waals surface area contributed by atoms with E-state index in [9.17, 15) is 4.79 Å². The SMILES string of the molecule is Cc1ccc(NC(=O)C2CCCO2)c2cccnc12. The summed E-state index contributed by atoms with van der Waals surface area (Å²) in [4.78, 5) is 16.5. The Balaban J connectivity index is 1.92. The number of rotatable bonds is 2. The normalized spacial score (nSPS) is 18.7. The van der Waals surface area contributed by atoms with Crippen LogP contribution in [0, 0.1) is 6.92 Å². The molecule has 3 rings (SSSR count). The number of amides is 1. The molecule has 1 atom stereocenters. The number of anilines is 1. The number of benzene rings is 1. The van der Waals surface area contributed by atoms with Crippen LogP contribution in [-0.4, -0.2) is 23.6 Å². The van der Waals surface area contributed by atoms with Crippen LogP contribution in [0.25, 0.3) is 10.9 Å². The lowest BCUT2D eigenvalue weighted by Crippen LogP contribution is -2.26. The maximum Gasteiger partial charge on any atom is 0.253 e. The first kappa shape index (κ1) is 12.1. The summed E-state index contributed by atoms with van der Waals surface area (Å²) in [5.74, 6) is -0.0634. The van der Waals surface area contributed by atoms with Crippen LogP contribution in [0.5, 0.6) is 0 Å². The van der Waals surface area contributed by atoms with E-state index in [2.05, 4.69) is 10.3 Å². The zero-order valence-corrected chi connectivity index (χ0v) is 10.8. The van der Waals surface area contributed by atoms with Gasteiger partial charge in [-0.1, -0.05) is 6.07 Å². The number of ether oxygens (including phenoxy) is 1. The Morgan fingerprint density at radius 2 is 2.32 bits per heavy atom. The van der Waals surface area contributed by atoms with Gasteiger partial charge in [0, 0.05) is 18.2 Å². The lowest BCUT2D eigenvalue weighted by molar-refractivity contribution is -0.124. The fourth-order valence-electron chi connectivity index (χ4n) is 2.42. The average Bonchev–Trinajstić information content (AvgIpc) is 2.96. The number of nitrogens with zero attached hydrogens (tertiary/aromatic N) is 1. The van der Waals surface area contributed by atoms with Gasteiger partial charge in [0.05, 0.1) is 11.2 Å². The van der Waals surface area contributed by atoms with E-state index in [4.69, 9.17) is 4.74 Å². The molecule has 4 nitrogen and oxygen atoms in total. The van der Waals surface area contributed by atoms with Crippen molar-refractivity contribution in [1.29, 1.82) is 0 Å². The van der Waals surface area contributed by atoms with Gasteiger partial charge in [0.2, 0.25) is 0 Å². The van der Waals surface area contributed by atoms with Gasteiger partial charge >= 0.3 is 0 Å². The largest absolute Gasteiger partial charge is 0.368 e. The minimum atomic E-state index is -0.312. The minimum absolute atomic E-state index is 0.0634. The molecule has 0 saturated carbocycles. The number of pyridine rings is 1. The third kappa shape index (κ3) is 2.31. The van der Waals surface area contributed by atoms with Crippen LogP contribution >= 0.6 is 0 Å². The fraction of sp³-hybridized carbons (Fsp3) is 0.333. The van der Waals surface area contributed by atoms with E-state index in [0.29, 0.717) is 6.61 Å². The third-order valence-electron chi connectivity index (χ3n) is 3.45. The van der Waals surface area contributed by atoms with Crippen LogP contribution in [-0.2, 0) is 9.53 Å². The van der Waals surface area contributed by atoms with Crippen LogP contribution in [0.3, 0.4) is 0 Å². The highest BCUT2D eigenvalue weighted by molar-refractivity contribution is 6.03. The number of carbonyl (C=O) groups is 1. The van der Waals surface area contributed by atoms with E-state index in [1.54, 1.807) is 6.20 Å². The van der Waals surface area contributed by atoms with E-state index in [0.717, 1.165) is 35.0 Å². The molecule has 2 aromatic rings. The van der Waals surface area contributed by atoms with Gasteiger partial charge in [-0.05, 0) is 43.5 Å². The van der Waals surface area contributed by atoms with Gasteiger partial charge in [-0.15, -0.1) is 0 Å². The summed E-state index contributed by atoms with van der Waals surface area (Å²) in [6.07, 6.45) is 3.21. The number of aromatic nitrogens is 1. The average molecular weight is 256 g/mol. The maximum absolute atomic E-state index is 12.1. The molecule has 1 aliphatic heterocycles. The van der Waals surface area contributed by atoms with Crippen LogP contribution < -0.4 is 5.32 Å². The van der Waals surface area contributed by atoms with Crippen LogP contribution in [0.15, 0.2) is 30.5 Å². The quantitative estimate of drug-likeness (QED) is 0.898. The highest BCUT2D eigenvalue weighted by atomic mass is 16.5. The Bertz CT molecular complexity index is 619. The minimum Gasteiger partial charge on any atom is -0.368 e. The molecule has 1 fully saturated rings. The van der Waals surface area contributed by atoms with Gasteiger partial charge in [0.15, 0.2) is 0 Å². The molecular formula is C15H16N2O2. The summed E-state index contributed by atoms with van der Waals surface area (Å²) >= 11 is 0. The molecule has 1 amide bonds. The number of aryl methyl sites for hydroxylation is 1. The smallest absolute Gasteiger partial charge is 0.253 e. The molecule has 1 unspecified atom stereocenters. The third-order valence-corrected chi connectivity index (χ3v) is 3.45. The second kappa shape index (κ2) is 4.97. The first-order valence-electron chi connectivity index (χ1n) is 6.52. The van der Waals surface area contributed by atoms with Crippen LogP contribution in [0.1, 0.15) is 18.4 Å². The lowest BCUT2D eigenvalue weighted by atomic mass is 10.1. The van der Waals surface area contributed by atoms with E-state index in [-0.39, 0.29) is 12.0 Å². The summed E-state index contributed by atoms with van der Waals surface area (Å²) in [5.41, 5.74) is 2.83. The molecule has 1 aromatic heterocycles. The fourth-order valence-corrected chi connectivity index (χ4v) is 2.42. The van der Waals surface area contributed by atoms with Crippen molar-refractivity contribution in [3.8, 4) is 0 Å². The first-order valence-corrected chi connectivity index (χ1v) is 6.52. The molecule has 98 valence electrons. The van der Waals surface area contributed by atoms with Gasteiger partial charge in [0.1, 0.15) is 6.10 Å². The van der Waals surface area contributed by atoms with Gasteiger partial charge in [-0.3, -0.25) is 9.78 Å². The van der Waals surface area contributed by atoms with Gasteiger partial charge in [-0.25, -0.2) is 0 Å². The molecule has 1 aliphatic rings. The number of hydrogen-bond acceptors (Lipinski definition) is 3. The molecule has 1 N–H and O–H groups in total. The van der Waals surface area contributed by atoms with E-state index in [1.807, 2.05) is 31.2 Å².